The number of nitrogens with zero attached hydrogens (tertiary/aromatic N) is 2. The number of rotatable bonds is 5. The molecule has 152 valence electrons. The van der Waals surface area contributed by atoms with Crippen LogP contribution in [0, 0.1) is 0 Å². The number of hydrogen-bond donors (Lipinski definition) is 0. The highest BCUT2D eigenvalue weighted by Gasteiger charge is 2.30. The number of carbonyl (C=O) groups excluding carboxylic acids is 1. The minimum absolute atomic E-state index is 0.000872. The van der Waals surface area contributed by atoms with E-state index < -0.39 is 9.84 Å². The maximum Gasteiger partial charge on any atom is 0.255 e. The van der Waals surface area contributed by atoms with E-state index >= 15 is 0 Å². The van der Waals surface area contributed by atoms with Crippen LogP contribution in [0.4, 0.5) is 0 Å². The lowest BCUT2D eigenvalue weighted by molar-refractivity contribution is 0.0739. The zero-order chi connectivity index (χ0) is 20.6. The number of thioether (sulfide) groups is 1. The van der Waals surface area contributed by atoms with Crippen molar-refractivity contribution < 1.29 is 13.2 Å². The van der Waals surface area contributed by atoms with Gasteiger partial charge in [0.05, 0.1) is 33.3 Å². The van der Waals surface area contributed by atoms with Crippen LogP contribution in [-0.2, 0) is 9.84 Å². The van der Waals surface area contributed by atoms with E-state index in [0.717, 1.165) is 20.1 Å². The van der Waals surface area contributed by atoms with E-state index in [1.807, 2.05) is 55.5 Å². The quantitative estimate of drug-likeness (QED) is 0.581. The van der Waals surface area contributed by atoms with Crippen molar-refractivity contribution in [1.29, 1.82) is 0 Å². The van der Waals surface area contributed by atoms with Gasteiger partial charge in [-0.05, 0) is 37.6 Å². The summed E-state index contributed by atoms with van der Waals surface area (Å²) >= 11 is 3.10. The van der Waals surface area contributed by atoms with Crippen molar-refractivity contribution >= 4 is 49.1 Å². The molecule has 0 unspecified atom stereocenters. The summed E-state index contributed by atoms with van der Waals surface area (Å²) in [5, 5.41) is 0.898. The van der Waals surface area contributed by atoms with Gasteiger partial charge in [-0.15, -0.1) is 23.1 Å². The zero-order valence-corrected chi connectivity index (χ0v) is 18.7. The molecule has 1 aliphatic heterocycles. The van der Waals surface area contributed by atoms with Crippen molar-refractivity contribution in [3.05, 3.63) is 59.1 Å². The van der Waals surface area contributed by atoms with E-state index in [0.29, 0.717) is 12.0 Å². The minimum Gasteiger partial charge on any atom is -0.332 e. The molecule has 0 spiro atoms. The van der Waals surface area contributed by atoms with E-state index in [4.69, 9.17) is 0 Å². The Balaban J connectivity index is 1.55. The first-order valence-corrected chi connectivity index (χ1v) is 12.9. The van der Waals surface area contributed by atoms with Crippen molar-refractivity contribution in [3.63, 3.8) is 0 Å². The Morgan fingerprint density at radius 1 is 1.21 bits per heavy atom. The van der Waals surface area contributed by atoms with Crippen LogP contribution in [0.3, 0.4) is 0 Å². The molecule has 2 heterocycles. The molecular weight excluding hydrogens is 424 g/mol. The van der Waals surface area contributed by atoms with Crippen LogP contribution in [0.25, 0.3) is 10.2 Å². The Morgan fingerprint density at radius 2 is 1.93 bits per heavy atom. The van der Waals surface area contributed by atoms with E-state index in [1.165, 1.54) is 11.8 Å². The van der Waals surface area contributed by atoms with Crippen LogP contribution in [0.5, 0.6) is 0 Å². The lowest BCUT2D eigenvalue weighted by Gasteiger charge is -2.24. The molecule has 4 rings (SSSR count). The fourth-order valence-corrected chi connectivity index (χ4v) is 8.06. The van der Waals surface area contributed by atoms with Gasteiger partial charge in [0, 0.05) is 17.2 Å². The van der Waals surface area contributed by atoms with Crippen molar-refractivity contribution in [1.82, 2.24) is 9.88 Å². The number of hydrogen-bond acceptors (Lipinski definition) is 6. The molecule has 1 aliphatic rings. The van der Waals surface area contributed by atoms with Crippen LogP contribution < -0.4 is 0 Å². The number of fused-ring (bicyclic) bond motifs is 1. The molecule has 3 aromatic rings. The third-order valence-corrected chi connectivity index (χ3v) is 9.70. The Morgan fingerprint density at radius 3 is 2.66 bits per heavy atom. The molecule has 2 atom stereocenters. The average Bonchev–Trinajstić information content (AvgIpc) is 3.29. The number of aromatic nitrogens is 1. The van der Waals surface area contributed by atoms with E-state index in [9.17, 15) is 13.2 Å². The smallest absolute Gasteiger partial charge is 0.255 e. The standard InChI is InChI=1S/C21H22N2O3S3/c1-14(20-22-17-8-4-6-10-19(17)28-20)23(2)21(24)16-7-3-5-9-18(16)27-15-11-12-29(25,26)13-15/h3-10,14-15H,11-13H2,1-2H3/t14-,15-/m0/s1. The Hall–Kier alpha value is -1.90. The molecule has 0 saturated carbocycles. The number of amides is 1. The number of carbonyl (C=O) groups is 1. The summed E-state index contributed by atoms with van der Waals surface area (Å²) in [4.78, 5) is 20.5. The third kappa shape index (κ3) is 4.34. The predicted octanol–water partition coefficient (Wildman–Crippen LogP) is 4.41. The second-order valence-electron chi connectivity index (χ2n) is 7.25. The maximum absolute atomic E-state index is 13.3. The first kappa shape index (κ1) is 20.4. The molecule has 29 heavy (non-hydrogen) atoms. The molecule has 0 radical (unpaired) electrons. The van der Waals surface area contributed by atoms with Crippen LogP contribution in [-0.4, -0.2) is 48.0 Å². The van der Waals surface area contributed by atoms with Crippen LogP contribution in [0.2, 0.25) is 0 Å². The van der Waals surface area contributed by atoms with Crippen molar-refractivity contribution in [2.45, 2.75) is 29.5 Å². The van der Waals surface area contributed by atoms with Gasteiger partial charge in [0.15, 0.2) is 9.84 Å². The van der Waals surface area contributed by atoms with Gasteiger partial charge < -0.3 is 4.90 Å². The molecule has 2 aromatic carbocycles. The van der Waals surface area contributed by atoms with Crippen LogP contribution in [0.15, 0.2) is 53.4 Å². The fraction of sp³-hybridized carbons (Fsp3) is 0.333. The molecular formula is C21H22N2O3S3. The average molecular weight is 447 g/mol. The summed E-state index contributed by atoms with van der Waals surface area (Å²) in [7, 11) is -1.16. The molecule has 0 N–H and O–H groups in total. The first-order chi connectivity index (χ1) is 13.8. The molecule has 0 aliphatic carbocycles. The Labute approximate surface area is 179 Å². The van der Waals surface area contributed by atoms with Crippen molar-refractivity contribution in [2.75, 3.05) is 18.6 Å². The number of thiazole rings is 1. The highest BCUT2D eigenvalue weighted by molar-refractivity contribution is 8.02. The molecule has 1 amide bonds. The molecule has 5 nitrogen and oxygen atoms in total. The van der Waals surface area contributed by atoms with Crippen molar-refractivity contribution in [3.8, 4) is 0 Å². The Bertz CT molecular complexity index is 1120. The van der Waals surface area contributed by atoms with Crippen LogP contribution >= 0.6 is 23.1 Å². The molecule has 1 saturated heterocycles. The largest absolute Gasteiger partial charge is 0.332 e. The number of benzene rings is 2. The van der Waals surface area contributed by atoms with Gasteiger partial charge in [-0.3, -0.25) is 4.79 Å². The summed E-state index contributed by atoms with van der Waals surface area (Å²) < 4.78 is 24.7. The monoisotopic (exact) mass is 446 g/mol. The Kier molecular flexibility index (Phi) is 5.68. The van der Waals surface area contributed by atoms with Gasteiger partial charge in [0.2, 0.25) is 0 Å². The minimum atomic E-state index is -2.95. The van der Waals surface area contributed by atoms with Crippen molar-refractivity contribution in [2.24, 2.45) is 0 Å². The summed E-state index contributed by atoms with van der Waals surface area (Å²) in [5.74, 6) is 0.328. The predicted molar refractivity (Wildman–Crippen MR) is 119 cm³/mol. The fourth-order valence-electron chi connectivity index (χ4n) is 3.38. The SMILES string of the molecule is C[C@@H](c1nc2ccccc2s1)N(C)C(=O)c1ccccc1S[C@H]1CCS(=O)(=O)C1. The molecule has 0 bridgehead atoms. The van der Waals surface area contributed by atoms with Gasteiger partial charge in [0.25, 0.3) is 5.91 Å². The molecule has 1 aromatic heterocycles. The lowest BCUT2D eigenvalue weighted by atomic mass is 10.2. The third-order valence-electron chi connectivity index (χ3n) is 5.17. The normalized spacial score (nSPS) is 19.3. The topological polar surface area (TPSA) is 67.3 Å². The van der Waals surface area contributed by atoms with Gasteiger partial charge in [0.1, 0.15) is 5.01 Å². The summed E-state index contributed by atoms with van der Waals surface area (Å²) in [6.07, 6.45) is 0.632. The maximum atomic E-state index is 13.3. The second kappa shape index (κ2) is 8.08. The lowest BCUT2D eigenvalue weighted by Crippen LogP contribution is -2.30. The van der Waals surface area contributed by atoms with Gasteiger partial charge in [-0.25, -0.2) is 13.4 Å². The van der Waals surface area contributed by atoms with Crippen LogP contribution in [0.1, 0.15) is 34.8 Å². The van der Waals surface area contributed by atoms with Gasteiger partial charge >= 0.3 is 0 Å². The first-order valence-electron chi connectivity index (χ1n) is 9.43. The highest BCUT2D eigenvalue weighted by atomic mass is 32.2. The van der Waals surface area contributed by atoms with Gasteiger partial charge in [-0.2, -0.15) is 0 Å². The summed E-state index contributed by atoms with van der Waals surface area (Å²) in [5.41, 5.74) is 1.55. The molecule has 8 heteroatoms. The number of sulfone groups is 1. The molecule has 1 fully saturated rings. The summed E-state index contributed by atoms with van der Waals surface area (Å²) in [6, 6.07) is 15.2. The zero-order valence-electron chi connectivity index (χ0n) is 16.2. The second-order valence-corrected chi connectivity index (χ2v) is 11.9. The number of para-hydroxylation sites is 1. The summed E-state index contributed by atoms with van der Waals surface area (Å²) in [6.45, 7) is 1.98. The highest BCUT2D eigenvalue weighted by Crippen LogP contribution is 2.35. The van der Waals surface area contributed by atoms with E-state index in [-0.39, 0.29) is 28.7 Å². The van der Waals surface area contributed by atoms with E-state index in [2.05, 4.69) is 4.98 Å². The van der Waals surface area contributed by atoms with Gasteiger partial charge in [-0.1, -0.05) is 24.3 Å². The van der Waals surface area contributed by atoms with E-state index in [1.54, 1.807) is 23.3 Å².